The summed E-state index contributed by atoms with van der Waals surface area (Å²) in [4.78, 5) is 2.78. The summed E-state index contributed by atoms with van der Waals surface area (Å²) in [6, 6.07) is 15.3. The quantitative estimate of drug-likeness (QED) is 0.594. The van der Waals surface area contributed by atoms with Crippen LogP contribution in [0.15, 0.2) is 42.5 Å². The number of hydrogen-bond acceptors (Lipinski definition) is 3. The molecule has 3 heteroatoms. The van der Waals surface area contributed by atoms with Crippen molar-refractivity contribution in [1.82, 2.24) is 5.43 Å². The van der Waals surface area contributed by atoms with E-state index in [4.69, 9.17) is 5.84 Å². The smallest absolute Gasteiger partial charge is 0.0553 e. The molecule has 0 aliphatic heterocycles. The van der Waals surface area contributed by atoms with Gasteiger partial charge in [-0.2, -0.15) is 0 Å². The van der Waals surface area contributed by atoms with Gasteiger partial charge in [-0.1, -0.05) is 37.3 Å². The first-order valence-corrected chi connectivity index (χ1v) is 7.73. The van der Waals surface area contributed by atoms with Crippen LogP contribution >= 0.6 is 11.3 Å². The van der Waals surface area contributed by atoms with E-state index in [2.05, 4.69) is 54.8 Å². The van der Waals surface area contributed by atoms with Gasteiger partial charge in [0.05, 0.1) is 6.04 Å². The van der Waals surface area contributed by atoms with Crippen molar-refractivity contribution in [3.63, 3.8) is 0 Å². The van der Waals surface area contributed by atoms with Gasteiger partial charge < -0.3 is 0 Å². The monoisotopic (exact) mass is 274 g/mol. The number of hydrazine groups is 1. The van der Waals surface area contributed by atoms with Crippen molar-refractivity contribution in [2.45, 2.75) is 38.6 Å². The van der Waals surface area contributed by atoms with Gasteiger partial charge in [0.15, 0.2) is 0 Å². The van der Waals surface area contributed by atoms with E-state index in [1.807, 2.05) is 11.3 Å². The minimum absolute atomic E-state index is 0.286. The molecule has 0 aliphatic rings. The highest BCUT2D eigenvalue weighted by molar-refractivity contribution is 7.12. The largest absolute Gasteiger partial charge is 0.271 e. The van der Waals surface area contributed by atoms with Crippen molar-refractivity contribution in [1.29, 1.82) is 0 Å². The minimum Gasteiger partial charge on any atom is -0.271 e. The van der Waals surface area contributed by atoms with Crippen LogP contribution < -0.4 is 11.3 Å². The molecule has 0 saturated carbocycles. The second kappa shape index (κ2) is 7.43. The fourth-order valence-electron chi connectivity index (χ4n) is 2.23. The molecule has 0 aliphatic carbocycles. The summed E-state index contributed by atoms with van der Waals surface area (Å²) in [7, 11) is 0. The molecular weight excluding hydrogens is 252 g/mol. The molecule has 1 heterocycles. The second-order valence-electron chi connectivity index (χ2n) is 4.75. The van der Waals surface area contributed by atoms with Gasteiger partial charge >= 0.3 is 0 Å². The fourth-order valence-corrected chi connectivity index (χ4v) is 3.28. The zero-order chi connectivity index (χ0) is 13.5. The zero-order valence-electron chi connectivity index (χ0n) is 11.4. The SMILES string of the molecule is CCc1ccc(C(CCCc2ccccc2)NN)s1. The predicted molar refractivity (Wildman–Crippen MR) is 83.1 cm³/mol. The summed E-state index contributed by atoms with van der Waals surface area (Å²) in [6.45, 7) is 2.19. The summed E-state index contributed by atoms with van der Waals surface area (Å²) in [5, 5.41) is 0. The highest BCUT2D eigenvalue weighted by atomic mass is 32.1. The van der Waals surface area contributed by atoms with E-state index >= 15 is 0 Å². The number of thiophene rings is 1. The topological polar surface area (TPSA) is 38.0 Å². The molecule has 102 valence electrons. The summed E-state index contributed by atoms with van der Waals surface area (Å²) in [5.74, 6) is 5.69. The van der Waals surface area contributed by atoms with Crippen LogP contribution in [-0.2, 0) is 12.8 Å². The molecule has 0 spiro atoms. The molecular formula is C16H22N2S. The molecule has 0 radical (unpaired) electrons. The lowest BCUT2D eigenvalue weighted by Gasteiger charge is -2.14. The number of nitrogens with two attached hydrogens (primary N) is 1. The molecule has 3 N–H and O–H groups in total. The van der Waals surface area contributed by atoms with Gasteiger partial charge in [-0.3, -0.25) is 11.3 Å². The highest BCUT2D eigenvalue weighted by Crippen LogP contribution is 2.26. The van der Waals surface area contributed by atoms with Crippen LogP contribution in [0.5, 0.6) is 0 Å². The maximum atomic E-state index is 5.69. The van der Waals surface area contributed by atoms with E-state index < -0.39 is 0 Å². The van der Waals surface area contributed by atoms with Gasteiger partial charge in [0.2, 0.25) is 0 Å². The first-order valence-electron chi connectivity index (χ1n) is 6.92. The van der Waals surface area contributed by atoms with Gasteiger partial charge in [0, 0.05) is 9.75 Å². The third-order valence-electron chi connectivity index (χ3n) is 3.38. The van der Waals surface area contributed by atoms with Crippen molar-refractivity contribution in [3.8, 4) is 0 Å². The van der Waals surface area contributed by atoms with Gasteiger partial charge in [-0.25, -0.2) is 0 Å². The lowest BCUT2D eigenvalue weighted by molar-refractivity contribution is 0.505. The Morgan fingerprint density at radius 1 is 1.16 bits per heavy atom. The van der Waals surface area contributed by atoms with Crippen LogP contribution in [0.3, 0.4) is 0 Å². The second-order valence-corrected chi connectivity index (χ2v) is 5.95. The van der Waals surface area contributed by atoms with Crippen molar-refractivity contribution in [2.24, 2.45) is 5.84 Å². The first-order chi connectivity index (χ1) is 9.33. The number of nitrogens with one attached hydrogen (secondary N) is 1. The molecule has 1 aromatic carbocycles. The van der Waals surface area contributed by atoms with Crippen molar-refractivity contribution in [2.75, 3.05) is 0 Å². The maximum absolute atomic E-state index is 5.69. The molecule has 0 fully saturated rings. The average Bonchev–Trinajstić information content (AvgIpc) is 2.93. The van der Waals surface area contributed by atoms with Gasteiger partial charge in [0.25, 0.3) is 0 Å². The van der Waals surface area contributed by atoms with E-state index in [-0.39, 0.29) is 6.04 Å². The van der Waals surface area contributed by atoms with E-state index in [1.54, 1.807) is 0 Å². The molecule has 0 amide bonds. The van der Waals surface area contributed by atoms with Gasteiger partial charge in [-0.15, -0.1) is 11.3 Å². The molecule has 0 bridgehead atoms. The van der Waals surface area contributed by atoms with Crippen molar-refractivity contribution < 1.29 is 0 Å². The molecule has 2 rings (SSSR count). The highest BCUT2D eigenvalue weighted by Gasteiger charge is 2.11. The molecule has 1 unspecified atom stereocenters. The van der Waals surface area contributed by atoms with Crippen LogP contribution in [-0.4, -0.2) is 0 Å². The normalized spacial score (nSPS) is 12.5. The third kappa shape index (κ3) is 4.16. The predicted octanol–water partition coefficient (Wildman–Crippen LogP) is 3.84. The number of benzene rings is 1. The number of aryl methyl sites for hydroxylation is 2. The van der Waals surface area contributed by atoms with Crippen molar-refractivity contribution >= 4 is 11.3 Å². The van der Waals surface area contributed by atoms with Crippen LogP contribution in [0.1, 0.15) is 41.1 Å². The molecule has 1 aromatic heterocycles. The third-order valence-corrected chi connectivity index (χ3v) is 4.72. The van der Waals surface area contributed by atoms with E-state index in [0.717, 1.165) is 25.7 Å². The Balaban J connectivity index is 1.86. The number of rotatable bonds is 7. The van der Waals surface area contributed by atoms with Crippen LogP contribution in [0, 0.1) is 0 Å². The Hall–Kier alpha value is -1.16. The summed E-state index contributed by atoms with van der Waals surface area (Å²) >= 11 is 1.87. The standard InChI is InChI=1S/C16H22N2S/c1-2-14-11-12-16(19-14)15(18-17)10-6-9-13-7-4-3-5-8-13/h3-5,7-8,11-12,15,18H,2,6,9-10,17H2,1H3. The van der Waals surface area contributed by atoms with Gasteiger partial charge in [-0.05, 0) is 43.4 Å². The molecule has 2 aromatic rings. The Morgan fingerprint density at radius 3 is 2.58 bits per heavy atom. The van der Waals surface area contributed by atoms with Crippen LogP contribution in [0.25, 0.3) is 0 Å². The Morgan fingerprint density at radius 2 is 1.95 bits per heavy atom. The summed E-state index contributed by atoms with van der Waals surface area (Å²) in [6.07, 6.45) is 4.45. The molecule has 1 atom stereocenters. The molecule has 19 heavy (non-hydrogen) atoms. The van der Waals surface area contributed by atoms with E-state index in [1.165, 1.54) is 15.3 Å². The zero-order valence-corrected chi connectivity index (χ0v) is 12.2. The molecule has 0 saturated heterocycles. The number of hydrogen-bond donors (Lipinski definition) is 2. The Bertz CT molecular complexity index is 479. The minimum atomic E-state index is 0.286. The van der Waals surface area contributed by atoms with Crippen LogP contribution in [0.2, 0.25) is 0 Å². The van der Waals surface area contributed by atoms with Crippen LogP contribution in [0.4, 0.5) is 0 Å². The van der Waals surface area contributed by atoms with Gasteiger partial charge in [0.1, 0.15) is 0 Å². The molecule has 2 nitrogen and oxygen atoms in total. The first kappa shape index (κ1) is 14.3. The Labute approximate surface area is 119 Å². The average molecular weight is 274 g/mol. The fraction of sp³-hybridized carbons (Fsp3) is 0.375. The lowest BCUT2D eigenvalue weighted by atomic mass is 10.0. The maximum Gasteiger partial charge on any atom is 0.0553 e. The summed E-state index contributed by atoms with van der Waals surface area (Å²) in [5.41, 5.74) is 4.35. The van der Waals surface area contributed by atoms with E-state index in [9.17, 15) is 0 Å². The van der Waals surface area contributed by atoms with Crippen molar-refractivity contribution in [3.05, 3.63) is 57.8 Å². The summed E-state index contributed by atoms with van der Waals surface area (Å²) < 4.78 is 0. The van der Waals surface area contributed by atoms with E-state index in [0.29, 0.717) is 0 Å². The Kier molecular flexibility index (Phi) is 5.58. The lowest BCUT2D eigenvalue weighted by Crippen LogP contribution is -2.27.